The average molecular weight is 304 g/mol. The SMILES string of the molecule is CC(=CC(=O)O)CN(C)Cc1cc(Br)cs1. The van der Waals surface area contributed by atoms with Gasteiger partial charge in [-0.1, -0.05) is 5.57 Å². The predicted octanol–water partition coefficient (Wildman–Crippen LogP) is 2.97. The number of aliphatic carboxylic acids is 1. The van der Waals surface area contributed by atoms with Gasteiger partial charge in [-0.25, -0.2) is 4.79 Å². The smallest absolute Gasteiger partial charge is 0.328 e. The Morgan fingerprint density at radius 1 is 1.69 bits per heavy atom. The van der Waals surface area contributed by atoms with Crippen LogP contribution in [0.4, 0.5) is 0 Å². The molecule has 1 rings (SSSR count). The molecule has 0 aliphatic carbocycles. The zero-order valence-electron chi connectivity index (χ0n) is 9.24. The first-order valence-electron chi connectivity index (χ1n) is 4.79. The molecule has 0 aromatic carbocycles. The van der Waals surface area contributed by atoms with E-state index in [2.05, 4.69) is 26.9 Å². The molecule has 1 heterocycles. The van der Waals surface area contributed by atoms with E-state index in [9.17, 15) is 4.79 Å². The molecule has 0 radical (unpaired) electrons. The maximum absolute atomic E-state index is 10.5. The molecule has 0 amide bonds. The first-order valence-corrected chi connectivity index (χ1v) is 6.46. The van der Waals surface area contributed by atoms with E-state index in [1.807, 2.05) is 19.4 Å². The lowest BCUT2D eigenvalue weighted by Crippen LogP contribution is -2.19. The van der Waals surface area contributed by atoms with Gasteiger partial charge in [-0.05, 0) is 36.0 Å². The van der Waals surface area contributed by atoms with Crippen LogP contribution in [-0.2, 0) is 11.3 Å². The highest BCUT2D eigenvalue weighted by Crippen LogP contribution is 2.20. The van der Waals surface area contributed by atoms with E-state index in [0.29, 0.717) is 6.54 Å². The summed E-state index contributed by atoms with van der Waals surface area (Å²) in [6.45, 7) is 3.33. The van der Waals surface area contributed by atoms with Crippen molar-refractivity contribution in [2.75, 3.05) is 13.6 Å². The molecule has 0 aliphatic heterocycles. The molecule has 0 atom stereocenters. The van der Waals surface area contributed by atoms with E-state index in [4.69, 9.17) is 5.11 Å². The number of hydrogen-bond acceptors (Lipinski definition) is 3. The van der Waals surface area contributed by atoms with Gasteiger partial charge in [0.25, 0.3) is 0 Å². The highest BCUT2D eigenvalue weighted by Gasteiger charge is 2.04. The Bertz CT molecular complexity index is 400. The van der Waals surface area contributed by atoms with Crippen molar-refractivity contribution in [2.24, 2.45) is 0 Å². The van der Waals surface area contributed by atoms with Crippen LogP contribution in [-0.4, -0.2) is 29.6 Å². The second-order valence-electron chi connectivity index (χ2n) is 3.73. The van der Waals surface area contributed by atoms with Crippen LogP contribution in [0.1, 0.15) is 11.8 Å². The summed E-state index contributed by atoms with van der Waals surface area (Å²) in [5.74, 6) is -0.884. The van der Waals surface area contributed by atoms with E-state index < -0.39 is 5.97 Å². The molecule has 88 valence electrons. The van der Waals surface area contributed by atoms with Gasteiger partial charge in [0.1, 0.15) is 0 Å². The molecule has 3 nitrogen and oxygen atoms in total. The molecular weight excluding hydrogens is 290 g/mol. The third kappa shape index (κ3) is 4.92. The largest absolute Gasteiger partial charge is 0.478 e. The summed E-state index contributed by atoms with van der Waals surface area (Å²) >= 11 is 5.10. The second kappa shape index (κ2) is 6.18. The van der Waals surface area contributed by atoms with Crippen LogP contribution >= 0.6 is 27.3 Å². The van der Waals surface area contributed by atoms with Crippen molar-refractivity contribution in [2.45, 2.75) is 13.5 Å². The molecule has 1 aromatic rings. The molecule has 0 aliphatic rings. The van der Waals surface area contributed by atoms with Crippen LogP contribution in [0.2, 0.25) is 0 Å². The fourth-order valence-electron chi connectivity index (χ4n) is 1.44. The molecule has 0 unspecified atom stereocenters. The maximum Gasteiger partial charge on any atom is 0.328 e. The zero-order valence-corrected chi connectivity index (χ0v) is 11.6. The first-order chi connectivity index (χ1) is 7.47. The van der Waals surface area contributed by atoms with Gasteiger partial charge in [0.15, 0.2) is 0 Å². The summed E-state index contributed by atoms with van der Waals surface area (Å²) in [6.07, 6.45) is 1.25. The van der Waals surface area contributed by atoms with Gasteiger partial charge >= 0.3 is 5.97 Å². The summed E-state index contributed by atoms with van der Waals surface area (Å²) in [7, 11) is 1.98. The highest BCUT2D eigenvalue weighted by atomic mass is 79.9. The minimum absolute atomic E-state index is 0.668. The quantitative estimate of drug-likeness (QED) is 0.850. The van der Waals surface area contributed by atoms with Gasteiger partial charge in [-0.2, -0.15) is 0 Å². The normalized spacial score (nSPS) is 12.1. The number of carbonyl (C=O) groups is 1. The number of likely N-dealkylation sites (N-methyl/N-ethyl adjacent to an activating group) is 1. The molecule has 1 aromatic heterocycles. The molecule has 1 N–H and O–H groups in total. The van der Waals surface area contributed by atoms with Gasteiger partial charge in [0.05, 0.1) is 0 Å². The van der Waals surface area contributed by atoms with Crippen LogP contribution in [0.3, 0.4) is 0 Å². The van der Waals surface area contributed by atoms with Crippen LogP contribution in [0, 0.1) is 0 Å². The fraction of sp³-hybridized carbons (Fsp3) is 0.364. The number of rotatable bonds is 5. The lowest BCUT2D eigenvalue weighted by atomic mass is 10.2. The van der Waals surface area contributed by atoms with Crippen LogP contribution in [0.25, 0.3) is 0 Å². The molecule has 16 heavy (non-hydrogen) atoms. The van der Waals surface area contributed by atoms with E-state index >= 15 is 0 Å². The lowest BCUT2D eigenvalue weighted by molar-refractivity contribution is -0.131. The molecule has 5 heteroatoms. The second-order valence-corrected chi connectivity index (χ2v) is 5.64. The van der Waals surface area contributed by atoms with E-state index in [0.717, 1.165) is 16.6 Å². The lowest BCUT2D eigenvalue weighted by Gasteiger charge is -2.15. The van der Waals surface area contributed by atoms with Crippen LogP contribution in [0.5, 0.6) is 0 Å². The molecule has 0 saturated heterocycles. The Morgan fingerprint density at radius 3 is 2.88 bits per heavy atom. The Morgan fingerprint density at radius 2 is 2.38 bits per heavy atom. The minimum Gasteiger partial charge on any atom is -0.478 e. The van der Waals surface area contributed by atoms with Gasteiger partial charge in [0, 0.05) is 33.9 Å². The summed E-state index contributed by atoms with van der Waals surface area (Å²) in [6, 6.07) is 2.08. The molecule has 0 bridgehead atoms. The monoisotopic (exact) mass is 303 g/mol. The van der Waals surface area contributed by atoms with Gasteiger partial charge in [-0.3, -0.25) is 4.90 Å². The van der Waals surface area contributed by atoms with E-state index in [1.54, 1.807) is 11.3 Å². The van der Waals surface area contributed by atoms with Gasteiger partial charge in [0.2, 0.25) is 0 Å². The summed E-state index contributed by atoms with van der Waals surface area (Å²) in [4.78, 5) is 13.8. The van der Waals surface area contributed by atoms with Crippen molar-refractivity contribution in [3.8, 4) is 0 Å². The van der Waals surface area contributed by atoms with Crippen molar-refractivity contribution in [1.29, 1.82) is 0 Å². The van der Waals surface area contributed by atoms with Crippen molar-refractivity contribution >= 4 is 33.2 Å². The summed E-state index contributed by atoms with van der Waals surface area (Å²) < 4.78 is 1.10. The third-order valence-corrected chi connectivity index (χ3v) is 3.62. The Hall–Kier alpha value is -0.650. The van der Waals surface area contributed by atoms with Gasteiger partial charge < -0.3 is 5.11 Å². The molecule has 0 spiro atoms. The third-order valence-electron chi connectivity index (χ3n) is 1.94. The number of halogens is 1. The highest BCUT2D eigenvalue weighted by molar-refractivity contribution is 9.10. The number of hydrogen-bond donors (Lipinski definition) is 1. The standard InChI is InChI=1S/C11H14BrNO2S/c1-8(3-11(14)15)5-13(2)6-10-4-9(12)7-16-10/h3-4,7H,5-6H2,1-2H3,(H,14,15). The number of carboxylic acids is 1. The molecular formula is C11H14BrNO2S. The first kappa shape index (κ1) is 13.4. The Kier molecular flexibility index (Phi) is 5.18. The fourth-order valence-corrected chi connectivity index (χ4v) is 2.97. The molecule has 0 saturated carbocycles. The Labute approximate surface area is 108 Å². The van der Waals surface area contributed by atoms with Crippen molar-refractivity contribution < 1.29 is 9.90 Å². The van der Waals surface area contributed by atoms with Gasteiger partial charge in [-0.15, -0.1) is 11.3 Å². The Balaban J connectivity index is 2.47. The zero-order chi connectivity index (χ0) is 12.1. The van der Waals surface area contributed by atoms with Crippen molar-refractivity contribution in [3.63, 3.8) is 0 Å². The number of carboxylic acid groups (broad SMARTS) is 1. The van der Waals surface area contributed by atoms with E-state index in [1.165, 1.54) is 11.0 Å². The summed E-state index contributed by atoms with van der Waals surface area (Å²) in [5.41, 5.74) is 0.852. The average Bonchev–Trinajstić information content (AvgIpc) is 2.48. The summed E-state index contributed by atoms with van der Waals surface area (Å²) in [5, 5.41) is 10.6. The molecule has 0 fully saturated rings. The minimum atomic E-state index is -0.884. The topological polar surface area (TPSA) is 40.5 Å². The van der Waals surface area contributed by atoms with Crippen LogP contribution in [0.15, 0.2) is 27.6 Å². The van der Waals surface area contributed by atoms with Crippen molar-refractivity contribution in [1.82, 2.24) is 4.90 Å². The van der Waals surface area contributed by atoms with Crippen LogP contribution < -0.4 is 0 Å². The number of thiophene rings is 1. The number of nitrogens with zero attached hydrogens (tertiary/aromatic N) is 1. The maximum atomic E-state index is 10.5. The van der Waals surface area contributed by atoms with E-state index in [-0.39, 0.29) is 0 Å². The predicted molar refractivity (Wildman–Crippen MR) is 69.7 cm³/mol. The van der Waals surface area contributed by atoms with Crippen molar-refractivity contribution in [3.05, 3.63) is 32.4 Å².